The van der Waals surface area contributed by atoms with Crippen LogP contribution in [0, 0.1) is 5.41 Å². The first-order valence-corrected chi connectivity index (χ1v) is 8.78. The summed E-state index contributed by atoms with van der Waals surface area (Å²) >= 11 is 0. The molecule has 1 heterocycles. The van der Waals surface area contributed by atoms with Crippen molar-refractivity contribution in [2.45, 2.75) is 91.0 Å². The van der Waals surface area contributed by atoms with Gasteiger partial charge >= 0.3 is 6.09 Å². The highest BCUT2D eigenvalue weighted by molar-refractivity contribution is 5.68. The van der Waals surface area contributed by atoms with Crippen molar-refractivity contribution in [1.82, 2.24) is 4.90 Å². The molecule has 4 nitrogen and oxygen atoms in total. The molecule has 1 amide bonds. The van der Waals surface area contributed by atoms with Crippen molar-refractivity contribution in [3.05, 3.63) is 0 Å². The molecule has 0 bridgehead atoms. The van der Waals surface area contributed by atoms with Gasteiger partial charge in [-0.25, -0.2) is 4.79 Å². The number of rotatable bonds is 2. The number of ether oxygens (including phenoxy) is 2. The second kappa shape index (κ2) is 6.77. The van der Waals surface area contributed by atoms with E-state index in [1.165, 1.54) is 25.7 Å². The highest BCUT2D eigenvalue weighted by atomic mass is 16.6. The minimum absolute atomic E-state index is 0.189. The Bertz CT molecular complexity index is 368. The molecule has 0 aromatic heterocycles. The van der Waals surface area contributed by atoms with Gasteiger partial charge in [0.25, 0.3) is 0 Å². The highest BCUT2D eigenvalue weighted by Crippen LogP contribution is 2.37. The predicted molar refractivity (Wildman–Crippen MR) is 88.0 cm³/mol. The number of carbonyl (C=O) groups excluding carboxylic acids is 1. The number of nitrogens with zero attached hydrogens (tertiary/aromatic N) is 1. The third kappa shape index (κ3) is 5.45. The molecule has 2 fully saturated rings. The average molecular weight is 311 g/mol. The molecule has 4 heteroatoms. The van der Waals surface area contributed by atoms with E-state index >= 15 is 0 Å². The summed E-state index contributed by atoms with van der Waals surface area (Å²) in [5.74, 6) is 0. The van der Waals surface area contributed by atoms with Gasteiger partial charge in [0.2, 0.25) is 0 Å². The summed E-state index contributed by atoms with van der Waals surface area (Å²) in [6, 6.07) is 0. The fraction of sp³-hybridized carbons (Fsp3) is 0.944. The van der Waals surface area contributed by atoms with Crippen molar-refractivity contribution >= 4 is 6.09 Å². The number of amides is 1. The summed E-state index contributed by atoms with van der Waals surface area (Å²) in [6.45, 7) is 11.9. The van der Waals surface area contributed by atoms with Crippen LogP contribution in [0.5, 0.6) is 0 Å². The Morgan fingerprint density at radius 3 is 2.00 bits per heavy atom. The molecule has 128 valence electrons. The summed E-state index contributed by atoms with van der Waals surface area (Å²) in [6.07, 6.45) is 7.28. The molecule has 0 aromatic carbocycles. The Hall–Kier alpha value is -0.770. The van der Waals surface area contributed by atoms with Crippen LogP contribution in [0.25, 0.3) is 0 Å². The molecule has 0 aromatic rings. The van der Waals surface area contributed by atoms with E-state index in [0.717, 1.165) is 25.9 Å². The third-order valence-electron chi connectivity index (χ3n) is 4.76. The van der Waals surface area contributed by atoms with E-state index in [9.17, 15) is 4.79 Å². The van der Waals surface area contributed by atoms with Gasteiger partial charge in [-0.2, -0.15) is 0 Å². The quantitative estimate of drug-likeness (QED) is 0.760. The zero-order valence-electron chi connectivity index (χ0n) is 15.0. The number of likely N-dealkylation sites (tertiary alicyclic amines) is 1. The highest BCUT2D eigenvalue weighted by Gasteiger charge is 2.31. The third-order valence-corrected chi connectivity index (χ3v) is 4.76. The van der Waals surface area contributed by atoms with Crippen LogP contribution in [-0.4, -0.2) is 41.9 Å². The van der Waals surface area contributed by atoms with Gasteiger partial charge in [0.15, 0.2) is 0 Å². The standard InChI is InChI=1S/C18H33NO3/c1-17(2,3)22-16(20)19-12-8-15(9-13-19)21-14-6-10-18(4,5)11-7-14/h14-15H,6-13H2,1-5H3. The summed E-state index contributed by atoms with van der Waals surface area (Å²) in [4.78, 5) is 13.9. The molecular formula is C18H33NO3. The molecule has 1 aliphatic carbocycles. The van der Waals surface area contributed by atoms with E-state index < -0.39 is 5.60 Å². The second-order valence-corrected chi connectivity index (χ2v) is 8.67. The molecule has 0 N–H and O–H groups in total. The van der Waals surface area contributed by atoms with Gasteiger partial charge < -0.3 is 14.4 Å². The van der Waals surface area contributed by atoms with Gasteiger partial charge in [-0.15, -0.1) is 0 Å². The number of hydrogen-bond donors (Lipinski definition) is 0. The Morgan fingerprint density at radius 2 is 1.50 bits per heavy atom. The van der Waals surface area contributed by atoms with Crippen molar-refractivity contribution in [2.24, 2.45) is 5.41 Å². The van der Waals surface area contributed by atoms with Gasteiger partial charge in [-0.05, 0) is 64.7 Å². The van der Waals surface area contributed by atoms with Crippen LogP contribution in [0.15, 0.2) is 0 Å². The van der Waals surface area contributed by atoms with Crippen LogP contribution < -0.4 is 0 Å². The smallest absolute Gasteiger partial charge is 0.410 e. The maximum atomic E-state index is 12.0. The van der Waals surface area contributed by atoms with Crippen molar-refractivity contribution in [3.8, 4) is 0 Å². The number of hydrogen-bond acceptors (Lipinski definition) is 3. The fourth-order valence-corrected chi connectivity index (χ4v) is 3.28. The largest absolute Gasteiger partial charge is 0.444 e. The first kappa shape index (κ1) is 17.6. The molecule has 2 aliphatic rings. The molecule has 0 atom stereocenters. The van der Waals surface area contributed by atoms with Crippen LogP contribution >= 0.6 is 0 Å². The van der Waals surface area contributed by atoms with Crippen molar-refractivity contribution in [1.29, 1.82) is 0 Å². The monoisotopic (exact) mass is 311 g/mol. The Labute approximate surface area is 135 Å². The fourth-order valence-electron chi connectivity index (χ4n) is 3.28. The van der Waals surface area contributed by atoms with Gasteiger partial charge in [0, 0.05) is 13.1 Å². The maximum absolute atomic E-state index is 12.0. The van der Waals surface area contributed by atoms with E-state index in [2.05, 4.69) is 13.8 Å². The first-order chi connectivity index (χ1) is 10.1. The minimum atomic E-state index is -0.417. The van der Waals surface area contributed by atoms with E-state index in [0.29, 0.717) is 17.6 Å². The van der Waals surface area contributed by atoms with Crippen LogP contribution in [0.3, 0.4) is 0 Å². The Balaban J connectivity index is 1.70. The van der Waals surface area contributed by atoms with E-state index in [1.54, 1.807) is 0 Å². The van der Waals surface area contributed by atoms with Gasteiger partial charge in [-0.1, -0.05) is 13.8 Å². The lowest BCUT2D eigenvalue weighted by Crippen LogP contribution is -2.44. The molecule has 0 unspecified atom stereocenters. The Kier molecular flexibility index (Phi) is 5.41. The number of carbonyl (C=O) groups is 1. The second-order valence-electron chi connectivity index (χ2n) is 8.67. The van der Waals surface area contributed by atoms with Crippen LogP contribution in [-0.2, 0) is 9.47 Å². The van der Waals surface area contributed by atoms with Crippen molar-refractivity contribution in [2.75, 3.05) is 13.1 Å². The Morgan fingerprint density at radius 1 is 1.00 bits per heavy atom. The normalized spacial score (nSPS) is 24.3. The SMILES string of the molecule is CC1(C)CCC(OC2CCN(C(=O)OC(C)(C)C)CC2)CC1. The maximum Gasteiger partial charge on any atom is 0.410 e. The average Bonchev–Trinajstić information content (AvgIpc) is 2.40. The minimum Gasteiger partial charge on any atom is -0.444 e. The first-order valence-electron chi connectivity index (χ1n) is 8.78. The van der Waals surface area contributed by atoms with E-state index in [-0.39, 0.29) is 6.09 Å². The summed E-state index contributed by atoms with van der Waals surface area (Å²) in [7, 11) is 0. The zero-order valence-corrected chi connectivity index (χ0v) is 15.0. The lowest BCUT2D eigenvalue weighted by atomic mass is 9.76. The summed E-state index contributed by atoms with van der Waals surface area (Å²) in [5, 5.41) is 0. The molecule has 0 radical (unpaired) electrons. The van der Waals surface area contributed by atoms with Crippen molar-refractivity contribution in [3.63, 3.8) is 0 Å². The topological polar surface area (TPSA) is 38.8 Å². The van der Waals surface area contributed by atoms with Gasteiger partial charge in [0.05, 0.1) is 12.2 Å². The molecule has 1 saturated carbocycles. The van der Waals surface area contributed by atoms with Gasteiger partial charge in [-0.3, -0.25) is 0 Å². The van der Waals surface area contributed by atoms with Crippen molar-refractivity contribution < 1.29 is 14.3 Å². The lowest BCUT2D eigenvalue weighted by Gasteiger charge is -2.38. The van der Waals surface area contributed by atoms with Crippen LogP contribution in [0.1, 0.15) is 73.1 Å². The van der Waals surface area contributed by atoms with Crippen LogP contribution in [0.4, 0.5) is 4.79 Å². The van der Waals surface area contributed by atoms with Gasteiger partial charge in [0.1, 0.15) is 5.60 Å². The summed E-state index contributed by atoms with van der Waals surface area (Å²) in [5.41, 5.74) is 0.0687. The number of piperidine rings is 1. The van der Waals surface area contributed by atoms with E-state index in [1.807, 2.05) is 25.7 Å². The zero-order chi connectivity index (χ0) is 16.4. The molecule has 22 heavy (non-hydrogen) atoms. The lowest BCUT2D eigenvalue weighted by molar-refractivity contribution is -0.0685. The predicted octanol–water partition coefficient (Wildman–Crippen LogP) is 4.37. The van der Waals surface area contributed by atoms with Crippen LogP contribution in [0.2, 0.25) is 0 Å². The molecule has 0 spiro atoms. The molecular weight excluding hydrogens is 278 g/mol. The molecule has 1 saturated heterocycles. The molecule has 2 rings (SSSR count). The van der Waals surface area contributed by atoms with E-state index in [4.69, 9.17) is 9.47 Å². The summed E-state index contributed by atoms with van der Waals surface area (Å²) < 4.78 is 11.7. The molecule has 1 aliphatic heterocycles.